The fraction of sp³-hybridized carbons (Fsp3) is 0.150. The summed E-state index contributed by atoms with van der Waals surface area (Å²) in [6, 6.07) is 8.85. The standard InChI is InChI=1S/C20H17F3N6/c1-3-28(2)20-25-17(11-5-4-6-12(21)9-11)16-18(24)29(27-19(16)26-20)15-10-13(22)7-8-14(15)23/h4-10H,3,24H2,1-2H3. The van der Waals surface area contributed by atoms with Crippen molar-refractivity contribution in [1.82, 2.24) is 19.7 Å². The van der Waals surface area contributed by atoms with E-state index in [2.05, 4.69) is 15.1 Å². The van der Waals surface area contributed by atoms with Gasteiger partial charge in [0, 0.05) is 25.2 Å². The molecule has 29 heavy (non-hydrogen) atoms. The summed E-state index contributed by atoms with van der Waals surface area (Å²) in [7, 11) is 1.79. The van der Waals surface area contributed by atoms with Gasteiger partial charge >= 0.3 is 0 Å². The highest BCUT2D eigenvalue weighted by Gasteiger charge is 2.22. The van der Waals surface area contributed by atoms with Crippen molar-refractivity contribution >= 4 is 22.8 Å². The van der Waals surface area contributed by atoms with Gasteiger partial charge in [0.05, 0.1) is 11.1 Å². The van der Waals surface area contributed by atoms with Crippen molar-refractivity contribution in [1.29, 1.82) is 0 Å². The average Bonchev–Trinajstić information content (AvgIpc) is 3.05. The highest BCUT2D eigenvalue weighted by atomic mass is 19.1. The number of anilines is 2. The van der Waals surface area contributed by atoms with E-state index in [9.17, 15) is 13.2 Å². The van der Waals surface area contributed by atoms with Crippen LogP contribution in [0.1, 0.15) is 6.92 Å². The topological polar surface area (TPSA) is 72.9 Å². The lowest BCUT2D eigenvalue weighted by atomic mass is 10.1. The summed E-state index contributed by atoms with van der Waals surface area (Å²) in [6.07, 6.45) is 0. The van der Waals surface area contributed by atoms with Gasteiger partial charge in [0.1, 0.15) is 29.0 Å². The summed E-state index contributed by atoms with van der Waals surface area (Å²) in [6.45, 7) is 2.54. The molecule has 2 heterocycles. The lowest BCUT2D eigenvalue weighted by molar-refractivity contribution is 0.588. The van der Waals surface area contributed by atoms with Gasteiger partial charge in [-0.15, -0.1) is 5.10 Å². The fourth-order valence-electron chi connectivity index (χ4n) is 2.99. The van der Waals surface area contributed by atoms with Crippen LogP contribution in [0.2, 0.25) is 0 Å². The molecule has 2 N–H and O–H groups in total. The van der Waals surface area contributed by atoms with Gasteiger partial charge in [-0.1, -0.05) is 12.1 Å². The Hall–Kier alpha value is -3.62. The second-order valence-corrected chi connectivity index (χ2v) is 6.49. The number of nitrogens with two attached hydrogens (primary N) is 1. The quantitative estimate of drug-likeness (QED) is 0.564. The first-order chi connectivity index (χ1) is 13.9. The van der Waals surface area contributed by atoms with Gasteiger partial charge in [-0.05, 0) is 31.2 Å². The Bertz CT molecular complexity index is 1220. The molecular weight excluding hydrogens is 381 g/mol. The van der Waals surface area contributed by atoms with Crippen LogP contribution in [-0.4, -0.2) is 33.3 Å². The van der Waals surface area contributed by atoms with Crippen LogP contribution in [0.3, 0.4) is 0 Å². The molecule has 0 atom stereocenters. The van der Waals surface area contributed by atoms with E-state index in [1.165, 1.54) is 12.1 Å². The summed E-state index contributed by atoms with van der Waals surface area (Å²) in [5, 5.41) is 4.61. The molecule has 0 aliphatic heterocycles. The number of nitrogens with zero attached hydrogens (tertiary/aromatic N) is 5. The zero-order chi connectivity index (χ0) is 20.7. The van der Waals surface area contributed by atoms with Gasteiger partial charge in [-0.3, -0.25) is 0 Å². The van der Waals surface area contributed by atoms with E-state index >= 15 is 0 Å². The minimum Gasteiger partial charge on any atom is -0.383 e. The van der Waals surface area contributed by atoms with Crippen LogP contribution < -0.4 is 10.6 Å². The zero-order valence-electron chi connectivity index (χ0n) is 15.7. The molecule has 0 bridgehead atoms. The van der Waals surface area contributed by atoms with Crippen LogP contribution in [0, 0.1) is 17.5 Å². The highest BCUT2D eigenvalue weighted by molar-refractivity contribution is 5.99. The number of hydrogen-bond acceptors (Lipinski definition) is 5. The first kappa shape index (κ1) is 18.7. The van der Waals surface area contributed by atoms with E-state index in [4.69, 9.17) is 5.73 Å². The van der Waals surface area contributed by atoms with Crippen LogP contribution >= 0.6 is 0 Å². The van der Waals surface area contributed by atoms with Gasteiger partial charge in [0.25, 0.3) is 0 Å². The largest absolute Gasteiger partial charge is 0.383 e. The Morgan fingerprint density at radius 2 is 1.79 bits per heavy atom. The van der Waals surface area contributed by atoms with Crippen LogP contribution in [0.15, 0.2) is 42.5 Å². The van der Waals surface area contributed by atoms with Gasteiger partial charge in [-0.25, -0.2) is 22.8 Å². The number of fused-ring (bicyclic) bond motifs is 1. The molecule has 0 spiro atoms. The summed E-state index contributed by atoms with van der Waals surface area (Å²) in [5.74, 6) is -1.40. The molecule has 0 saturated carbocycles. The van der Waals surface area contributed by atoms with Crippen molar-refractivity contribution in [2.75, 3.05) is 24.2 Å². The number of hydrogen-bond donors (Lipinski definition) is 1. The molecule has 0 aliphatic rings. The molecule has 0 fully saturated rings. The van der Waals surface area contributed by atoms with Gasteiger partial charge in [0.2, 0.25) is 5.95 Å². The third-order valence-corrected chi connectivity index (χ3v) is 4.61. The van der Waals surface area contributed by atoms with Crippen LogP contribution in [0.5, 0.6) is 0 Å². The normalized spacial score (nSPS) is 11.2. The number of halogens is 3. The van der Waals surface area contributed by atoms with Crippen molar-refractivity contribution in [3.63, 3.8) is 0 Å². The van der Waals surface area contributed by atoms with E-state index < -0.39 is 17.5 Å². The van der Waals surface area contributed by atoms with E-state index in [-0.39, 0.29) is 17.2 Å². The maximum Gasteiger partial charge on any atom is 0.227 e. The Kier molecular flexibility index (Phi) is 4.57. The number of aromatic nitrogens is 4. The second kappa shape index (κ2) is 7.08. The average molecular weight is 398 g/mol. The lowest BCUT2D eigenvalue weighted by Crippen LogP contribution is -2.19. The molecule has 0 unspecified atom stereocenters. The molecule has 0 amide bonds. The highest BCUT2D eigenvalue weighted by Crippen LogP contribution is 2.34. The van der Waals surface area contributed by atoms with E-state index in [0.717, 1.165) is 22.9 Å². The van der Waals surface area contributed by atoms with Crippen LogP contribution in [-0.2, 0) is 0 Å². The summed E-state index contributed by atoms with van der Waals surface area (Å²) < 4.78 is 43.0. The van der Waals surface area contributed by atoms with Crippen molar-refractivity contribution in [2.45, 2.75) is 6.92 Å². The Balaban J connectivity index is 2.05. The summed E-state index contributed by atoms with van der Waals surface area (Å²) in [4.78, 5) is 10.7. The molecule has 148 valence electrons. The molecule has 2 aromatic heterocycles. The molecule has 0 radical (unpaired) electrons. The zero-order valence-corrected chi connectivity index (χ0v) is 15.7. The third kappa shape index (κ3) is 3.24. The Morgan fingerprint density at radius 3 is 2.52 bits per heavy atom. The number of nitrogen functional groups attached to an aromatic ring is 1. The van der Waals surface area contributed by atoms with Crippen LogP contribution in [0.25, 0.3) is 28.0 Å². The lowest BCUT2D eigenvalue weighted by Gasteiger charge is -2.15. The van der Waals surface area contributed by atoms with E-state index in [0.29, 0.717) is 29.1 Å². The molecule has 9 heteroatoms. The first-order valence-corrected chi connectivity index (χ1v) is 8.87. The minimum atomic E-state index is -0.697. The monoisotopic (exact) mass is 398 g/mol. The van der Waals surface area contributed by atoms with Gasteiger partial charge < -0.3 is 10.6 Å². The number of rotatable bonds is 4. The number of benzene rings is 2. The van der Waals surface area contributed by atoms with Crippen LogP contribution in [0.4, 0.5) is 24.9 Å². The van der Waals surface area contributed by atoms with E-state index in [1.54, 1.807) is 24.1 Å². The molecule has 4 rings (SSSR count). The summed E-state index contributed by atoms with van der Waals surface area (Å²) in [5.41, 5.74) is 7.10. The minimum absolute atomic E-state index is 0.0227. The molecule has 6 nitrogen and oxygen atoms in total. The predicted octanol–water partition coefficient (Wildman–Crippen LogP) is 3.94. The smallest absolute Gasteiger partial charge is 0.227 e. The Labute approximate surface area is 164 Å². The maximum atomic E-state index is 14.3. The SMILES string of the molecule is CCN(C)c1nc(-c2cccc(F)c2)c2c(N)n(-c3cc(F)ccc3F)nc2n1. The molecular formula is C20H17F3N6. The predicted molar refractivity (Wildman–Crippen MR) is 105 cm³/mol. The molecule has 0 aliphatic carbocycles. The molecule has 2 aromatic carbocycles. The molecule has 4 aromatic rings. The van der Waals surface area contributed by atoms with Crippen molar-refractivity contribution in [2.24, 2.45) is 0 Å². The first-order valence-electron chi connectivity index (χ1n) is 8.87. The van der Waals surface area contributed by atoms with Crippen molar-refractivity contribution in [3.8, 4) is 16.9 Å². The van der Waals surface area contributed by atoms with Gasteiger partial charge in [-0.2, -0.15) is 4.98 Å². The maximum absolute atomic E-state index is 14.3. The van der Waals surface area contributed by atoms with Crippen molar-refractivity contribution in [3.05, 3.63) is 59.9 Å². The van der Waals surface area contributed by atoms with Crippen molar-refractivity contribution < 1.29 is 13.2 Å². The van der Waals surface area contributed by atoms with Gasteiger partial charge in [0.15, 0.2) is 5.65 Å². The third-order valence-electron chi connectivity index (χ3n) is 4.61. The summed E-state index contributed by atoms with van der Waals surface area (Å²) >= 11 is 0. The second-order valence-electron chi connectivity index (χ2n) is 6.49. The van der Waals surface area contributed by atoms with E-state index in [1.807, 2.05) is 6.92 Å². The fourth-order valence-corrected chi connectivity index (χ4v) is 2.99. The molecule has 0 saturated heterocycles. The Morgan fingerprint density at radius 1 is 1.03 bits per heavy atom.